The highest BCUT2D eigenvalue weighted by Gasteiger charge is 2.34. The first-order chi connectivity index (χ1) is 16.9. The summed E-state index contributed by atoms with van der Waals surface area (Å²) in [5.74, 6) is 0.228. The largest absolute Gasteiger partial charge is 0.486 e. The molecule has 11 nitrogen and oxygen atoms in total. The molecule has 0 unspecified atom stereocenters. The van der Waals surface area contributed by atoms with Crippen LogP contribution in [-0.2, 0) is 11.4 Å². The van der Waals surface area contributed by atoms with Crippen molar-refractivity contribution in [2.45, 2.75) is 38.3 Å². The highest BCUT2D eigenvalue weighted by molar-refractivity contribution is 7.14. The standard InChI is InChI=1S/C22H22FN7O4S/c1-12(32)21(33)30-5-4-18(15(23)8-30)34-17-3-2-13(6-14(17)7-24)19-25-10-26-22(28-19)29-20-16(9-31)27-11-35-20/h2-3,6,10-12,15,18,31-32H,4-5,8-9H2,1H3,(H,25,26,28,29)/t12-,15-,18-/m0/s1. The Morgan fingerprint density at radius 2 is 2.26 bits per heavy atom. The number of carbonyl (C=O) groups excluding carboxylic acids is 1. The van der Waals surface area contributed by atoms with Gasteiger partial charge in [-0.1, -0.05) is 0 Å². The molecule has 0 bridgehead atoms. The molecule has 35 heavy (non-hydrogen) atoms. The van der Waals surface area contributed by atoms with E-state index in [-0.39, 0.29) is 43.4 Å². The number of hydrogen-bond acceptors (Lipinski definition) is 11. The lowest BCUT2D eigenvalue weighted by molar-refractivity contribution is -0.143. The zero-order valence-corrected chi connectivity index (χ0v) is 19.4. The number of benzene rings is 1. The number of nitriles is 1. The number of piperidine rings is 1. The van der Waals surface area contributed by atoms with Gasteiger partial charge in [-0.25, -0.2) is 19.3 Å². The number of thiazole rings is 1. The SMILES string of the molecule is C[C@H](O)C(=O)N1CC[C@H](Oc2ccc(-c3ncnc(Nc4scnc4CO)n3)cc2C#N)[C@@H](F)C1. The van der Waals surface area contributed by atoms with E-state index in [0.717, 1.165) is 0 Å². The summed E-state index contributed by atoms with van der Waals surface area (Å²) in [6, 6.07) is 6.80. The van der Waals surface area contributed by atoms with Gasteiger partial charge in [-0.15, -0.1) is 11.3 Å². The van der Waals surface area contributed by atoms with Gasteiger partial charge in [0.1, 0.15) is 41.0 Å². The molecule has 0 radical (unpaired) electrons. The number of nitrogens with zero attached hydrogens (tertiary/aromatic N) is 6. The van der Waals surface area contributed by atoms with Crippen molar-refractivity contribution in [1.82, 2.24) is 24.8 Å². The molecule has 1 saturated heterocycles. The zero-order chi connectivity index (χ0) is 24.9. The van der Waals surface area contributed by atoms with Crippen molar-refractivity contribution in [1.29, 1.82) is 5.26 Å². The number of aromatic nitrogens is 4. The quantitative estimate of drug-likeness (QED) is 0.438. The van der Waals surface area contributed by atoms with Crippen molar-refractivity contribution < 1.29 is 24.1 Å². The van der Waals surface area contributed by atoms with E-state index in [1.807, 2.05) is 0 Å². The fraction of sp³-hybridized carbons (Fsp3) is 0.364. The molecule has 1 amide bonds. The molecule has 13 heteroatoms. The highest BCUT2D eigenvalue weighted by atomic mass is 32.1. The maximum Gasteiger partial charge on any atom is 0.251 e. The molecule has 1 fully saturated rings. The lowest BCUT2D eigenvalue weighted by atomic mass is 10.0. The van der Waals surface area contributed by atoms with Crippen LogP contribution in [0, 0.1) is 11.3 Å². The van der Waals surface area contributed by atoms with Crippen LogP contribution in [0.2, 0.25) is 0 Å². The Kier molecular flexibility index (Phi) is 7.45. The van der Waals surface area contributed by atoms with Gasteiger partial charge in [0.05, 0.1) is 24.2 Å². The number of amides is 1. The number of nitrogens with one attached hydrogen (secondary N) is 1. The molecule has 0 saturated carbocycles. The molecule has 1 aromatic carbocycles. The van der Waals surface area contributed by atoms with Crippen molar-refractivity contribution in [3.63, 3.8) is 0 Å². The third kappa shape index (κ3) is 5.51. The van der Waals surface area contributed by atoms with E-state index in [1.165, 1.54) is 29.5 Å². The summed E-state index contributed by atoms with van der Waals surface area (Å²) in [4.78, 5) is 29.8. The van der Waals surface area contributed by atoms with Crippen LogP contribution in [0.5, 0.6) is 5.75 Å². The van der Waals surface area contributed by atoms with Gasteiger partial charge in [-0.3, -0.25) is 4.79 Å². The molecule has 182 valence electrons. The van der Waals surface area contributed by atoms with Gasteiger partial charge < -0.3 is 25.2 Å². The average molecular weight is 500 g/mol. The van der Waals surface area contributed by atoms with Crippen molar-refractivity contribution in [3.8, 4) is 23.2 Å². The number of hydrogen-bond donors (Lipinski definition) is 3. The summed E-state index contributed by atoms with van der Waals surface area (Å²) >= 11 is 1.29. The molecular weight excluding hydrogens is 477 g/mol. The topological polar surface area (TPSA) is 157 Å². The lowest BCUT2D eigenvalue weighted by Crippen LogP contribution is -2.51. The first kappa shape index (κ1) is 24.4. The first-order valence-electron chi connectivity index (χ1n) is 10.7. The van der Waals surface area contributed by atoms with Crippen molar-refractivity contribution >= 4 is 28.2 Å². The first-order valence-corrected chi connectivity index (χ1v) is 11.6. The molecule has 1 aliphatic rings. The summed E-state index contributed by atoms with van der Waals surface area (Å²) < 4.78 is 20.5. The van der Waals surface area contributed by atoms with E-state index in [4.69, 9.17) is 4.74 Å². The van der Waals surface area contributed by atoms with Crippen LogP contribution in [-0.4, -0.2) is 72.4 Å². The van der Waals surface area contributed by atoms with Gasteiger partial charge in [-0.05, 0) is 25.1 Å². The van der Waals surface area contributed by atoms with Gasteiger partial charge in [0.2, 0.25) is 5.95 Å². The summed E-state index contributed by atoms with van der Waals surface area (Å²) in [7, 11) is 0. The third-order valence-corrected chi connectivity index (χ3v) is 6.16. The van der Waals surface area contributed by atoms with Gasteiger partial charge in [0, 0.05) is 18.5 Å². The number of rotatable bonds is 7. The minimum atomic E-state index is -1.47. The third-order valence-electron chi connectivity index (χ3n) is 5.38. The molecule has 4 rings (SSSR count). The fourth-order valence-corrected chi connectivity index (χ4v) is 4.27. The monoisotopic (exact) mass is 499 g/mol. The van der Waals surface area contributed by atoms with Crippen LogP contribution >= 0.6 is 11.3 Å². The van der Waals surface area contributed by atoms with E-state index in [2.05, 4.69) is 31.3 Å². The smallest absolute Gasteiger partial charge is 0.251 e. The second-order valence-electron chi connectivity index (χ2n) is 7.79. The number of ether oxygens (including phenoxy) is 1. The van der Waals surface area contributed by atoms with Gasteiger partial charge in [0.15, 0.2) is 12.0 Å². The number of aliphatic hydroxyl groups is 2. The highest BCUT2D eigenvalue weighted by Crippen LogP contribution is 2.29. The van der Waals surface area contributed by atoms with Crippen molar-refractivity contribution in [2.24, 2.45) is 0 Å². The predicted molar refractivity (Wildman–Crippen MR) is 123 cm³/mol. The Labute approximate surface area is 203 Å². The molecule has 3 aromatic rings. The Balaban J connectivity index is 1.48. The fourth-order valence-electron chi connectivity index (χ4n) is 3.58. The lowest BCUT2D eigenvalue weighted by Gasteiger charge is -2.35. The number of anilines is 2. The molecule has 3 N–H and O–H groups in total. The second kappa shape index (κ2) is 10.7. The van der Waals surface area contributed by atoms with Gasteiger partial charge in [0.25, 0.3) is 5.91 Å². The van der Waals surface area contributed by atoms with Crippen LogP contribution in [0.3, 0.4) is 0 Å². The number of carbonyl (C=O) groups is 1. The normalized spacial score (nSPS) is 18.5. The maximum absolute atomic E-state index is 14.7. The van der Waals surface area contributed by atoms with Crippen molar-refractivity contribution in [3.05, 3.63) is 41.3 Å². The van der Waals surface area contributed by atoms with Crippen molar-refractivity contribution in [2.75, 3.05) is 18.4 Å². The number of alkyl halides is 1. The van der Waals surface area contributed by atoms with E-state index in [0.29, 0.717) is 22.1 Å². The molecule has 3 atom stereocenters. The number of likely N-dealkylation sites (tertiary alicyclic amines) is 1. The van der Waals surface area contributed by atoms with E-state index in [9.17, 15) is 24.7 Å². The molecular formula is C22H22FN7O4S. The number of aliphatic hydroxyl groups excluding tert-OH is 2. The van der Waals surface area contributed by atoms with E-state index in [1.54, 1.807) is 23.7 Å². The molecule has 0 spiro atoms. The Hall–Kier alpha value is -3.73. The van der Waals surface area contributed by atoms with Crippen LogP contribution in [0.4, 0.5) is 15.3 Å². The zero-order valence-electron chi connectivity index (χ0n) is 18.6. The van der Waals surface area contributed by atoms with E-state index < -0.39 is 24.3 Å². The summed E-state index contributed by atoms with van der Waals surface area (Å²) in [6.07, 6.45) is -1.95. The second-order valence-corrected chi connectivity index (χ2v) is 8.64. The Bertz CT molecular complexity index is 1250. The summed E-state index contributed by atoms with van der Waals surface area (Å²) in [5.41, 5.74) is 2.76. The van der Waals surface area contributed by atoms with Crippen LogP contribution in [0.1, 0.15) is 24.6 Å². The maximum atomic E-state index is 14.7. The Morgan fingerprint density at radius 1 is 1.43 bits per heavy atom. The van der Waals surface area contributed by atoms with Crippen LogP contribution in [0.25, 0.3) is 11.4 Å². The average Bonchev–Trinajstić information content (AvgIpc) is 3.32. The van der Waals surface area contributed by atoms with Gasteiger partial charge in [-0.2, -0.15) is 10.2 Å². The minimum Gasteiger partial charge on any atom is -0.486 e. The van der Waals surface area contributed by atoms with E-state index >= 15 is 0 Å². The van der Waals surface area contributed by atoms with Crippen LogP contribution in [0.15, 0.2) is 30.0 Å². The molecule has 1 aliphatic heterocycles. The molecule has 0 aliphatic carbocycles. The minimum absolute atomic E-state index is 0.178. The molecule has 3 heterocycles. The van der Waals surface area contributed by atoms with Gasteiger partial charge >= 0.3 is 0 Å². The summed E-state index contributed by atoms with van der Waals surface area (Å²) in [6.45, 7) is 1.17. The summed E-state index contributed by atoms with van der Waals surface area (Å²) in [5, 5.41) is 32.0. The van der Waals surface area contributed by atoms with Crippen LogP contribution < -0.4 is 10.1 Å². The Morgan fingerprint density at radius 3 is 2.97 bits per heavy atom. The molecule has 2 aromatic heterocycles. The number of halogens is 1. The predicted octanol–water partition coefficient (Wildman–Crippen LogP) is 1.80.